The minimum atomic E-state index is 0.354. The van der Waals surface area contributed by atoms with Gasteiger partial charge >= 0.3 is 0 Å². The molecule has 0 unspecified atom stereocenters. The number of aromatic amines is 1. The van der Waals surface area contributed by atoms with Crippen LogP contribution in [0.25, 0.3) is 22.0 Å². The lowest BCUT2D eigenvalue weighted by Gasteiger charge is -2.06. The van der Waals surface area contributed by atoms with Crippen LogP contribution in [0.3, 0.4) is 0 Å². The SMILES string of the molecule is Nc1nc(Nc2ccc3cn[nH]c3c2)nc2c(C3CC3)coc12. The molecule has 5 rings (SSSR count). The number of nitrogens with one attached hydrogen (secondary N) is 2. The van der Waals surface area contributed by atoms with Gasteiger partial charge in [-0.05, 0) is 37.0 Å². The molecular formula is C16H14N6O. The topological polar surface area (TPSA) is 106 Å². The summed E-state index contributed by atoms with van der Waals surface area (Å²) < 4.78 is 5.54. The Hall–Kier alpha value is -3.09. The first-order chi connectivity index (χ1) is 11.3. The van der Waals surface area contributed by atoms with Crippen LogP contribution in [-0.2, 0) is 0 Å². The van der Waals surface area contributed by atoms with Crippen molar-refractivity contribution >= 4 is 39.5 Å². The highest BCUT2D eigenvalue weighted by Crippen LogP contribution is 2.44. The first-order valence-electron chi connectivity index (χ1n) is 7.53. The van der Waals surface area contributed by atoms with Crippen molar-refractivity contribution in [3.05, 3.63) is 36.2 Å². The van der Waals surface area contributed by atoms with Crippen LogP contribution in [-0.4, -0.2) is 20.2 Å². The molecule has 1 aliphatic rings. The van der Waals surface area contributed by atoms with Gasteiger partial charge in [-0.1, -0.05) is 0 Å². The maximum Gasteiger partial charge on any atom is 0.229 e. The smallest absolute Gasteiger partial charge is 0.229 e. The Bertz CT molecular complexity index is 1030. The van der Waals surface area contributed by atoms with Gasteiger partial charge in [0, 0.05) is 16.6 Å². The van der Waals surface area contributed by atoms with Gasteiger partial charge in [-0.15, -0.1) is 0 Å². The highest BCUT2D eigenvalue weighted by Gasteiger charge is 2.29. The number of hydrogen-bond acceptors (Lipinski definition) is 6. The van der Waals surface area contributed by atoms with Crippen LogP contribution < -0.4 is 11.1 Å². The summed E-state index contributed by atoms with van der Waals surface area (Å²) in [5, 5.41) is 11.2. The maximum atomic E-state index is 6.02. The van der Waals surface area contributed by atoms with Gasteiger partial charge in [0.2, 0.25) is 5.95 Å². The summed E-state index contributed by atoms with van der Waals surface area (Å²) in [4.78, 5) is 8.89. The maximum absolute atomic E-state index is 6.02. The number of rotatable bonds is 3. The molecule has 0 spiro atoms. The van der Waals surface area contributed by atoms with Crippen molar-refractivity contribution in [2.75, 3.05) is 11.1 Å². The first kappa shape index (κ1) is 12.5. The van der Waals surface area contributed by atoms with E-state index in [0.717, 1.165) is 27.7 Å². The molecule has 1 aliphatic carbocycles. The van der Waals surface area contributed by atoms with Gasteiger partial charge in [0.1, 0.15) is 5.52 Å². The molecule has 23 heavy (non-hydrogen) atoms. The van der Waals surface area contributed by atoms with Gasteiger partial charge in [-0.25, -0.2) is 4.98 Å². The fourth-order valence-corrected chi connectivity index (χ4v) is 2.84. The third kappa shape index (κ3) is 2.01. The molecule has 0 amide bonds. The van der Waals surface area contributed by atoms with Crippen LogP contribution in [0.15, 0.2) is 35.1 Å². The molecular weight excluding hydrogens is 292 g/mol. The minimum absolute atomic E-state index is 0.354. The van der Waals surface area contributed by atoms with E-state index in [-0.39, 0.29) is 0 Å². The van der Waals surface area contributed by atoms with E-state index in [0.29, 0.717) is 23.3 Å². The summed E-state index contributed by atoms with van der Waals surface area (Å²) >= 11 is 0. The number of fused-ring (bicyclic) bond motifs is 2. The third-order valence-corrected chi connectivity index (χ3v) is 4.18. The quantitative estimate of drug-likeness (QED) is 0.536. The Kier molecular flexibility index (Phi) is 2.41. The number of H-pyrrole nitrogens is 1. The standard InChI is InChI=1S/C16H14N6O/c17-15-14-13(11(7-23-14)8-1-2-8)20-16(21-15)19-10-4-3-9-6-18-22-12(9)5-10/h3-8H,1-2H2,(H,18,22)(H3,17,19,20,21). The van der Waals surface area contributed by atoms with Crippen molar-refractivity contribution in [1.82, 2.24) is 20.2 Å². The highest BCUT2D eigenvalue weighted by molar-refractivity contribution is 5.88. The number of nitrogens with two attached hydrogens (primary N) is 1. The predicted molar refractivity (Wildman–Crippen MR) is 87.6 cm³/mol. The van der Waals surface area contributed by atoms with Crippen LogP contribution in [0.4, 0.5) is 17.5 Å². The molecule has 1 aromatic carbocycles. The zero-order valence-electron chi connectivity index (χ0n) is 12.2. The van der Waals surface area contributed by atoms with Crippen molar-refractivity contribution in [3.63, 3.8) is 0 Å². The fourth-order valence-electron chi connectivity index (χ4n) is 2.84. The van der Waals surface area contributed by atoms with E-state index in [4.69, 9.17) is 10.2 Å². The average molecular weight is 306 g/mol. The summed E-state index contributed by atoms with van der Waals surface area (Å²) in [5.41, 5.74) is 10.3. The van der Waals surface area contributed by atoms with Gasteiger partial charge < -0.3 is 15.5 Å². The van der Waals surface area contributed by atoms with Crippen molar-refractivity contribution < 1.29 is 4.42 Å². The summed E-state index contributed by atoms with van der Waals surface area (Å²) in [5.74, 6) is 1.36. The molecule has 7 heteroatoms. The molecule has 1 fully saturated rings. The second kappa shape index (κ2) is 4.45. The van der Waals surface area contributed by atoms with Gasteiger partial charge in [-0.2, -0.15) is 10.1 Å². The minimum Gasteiger partial charge on any atom is -0.458 e. The zero-order valence-corrected chi connectivity index (χ0v) is 12.2. The van der Waals surface area contributed by atoms with E-state index < -0.39 is 0 Å². The zero-order chi connectivity index (χ0) is 15.4. The molecule has 0 atom stereocenters. The van der Waals surface area contributed by atoms with Crippen LogP contribution in [0.2, 0.25) is 0 Å². The second-order valence-electron chi connectivity index (χ2n) is 5.87. The van der Waals surface area contributed by atoms with Crippen LogP contribution >= 0.6 is 0 Å². The molecule has 0 aliphatic heterocycles. The molecule has 0 bridgehead atoms. The second-order valence-corrected chi connectivity index (χ2v) is 5.87. The van der Waals surface area contributed by atoms with Crippen molar-refractivity contribution in [1.29, 1.82) is 0 Å². The first-order valence-corrected chi connectivity index (χ1v) is 7.53. The normalized spacial score (nSPS) is 14.6. The van der Waals surface area contributed by atoms with Crippen molar-refractivity contribution in [2.24, 2.45) is 0 Å². The van der Waals surface area contributed by atoms with Crippen LogP contribution in [0.5, 0.6) is 0 Å². The Morgan fingerprint density at radius 2 is 2.17 bits per heavy atom. The molecule has 4 N–H and O–H groups in total. The van der Waals surface area contributed by atoms with Crippen molar-refractivity contribution in [2.45, 2.75) is 18.8 Å². The Balaban J connectivity index is 1.57. The van der Waals surface area contributed by atoms with Crippen LogP contribution in [0.1, 0.15) is 24.3 Å². The van der Waals surface area contributed by atoms with Gasteiger partial charge in [0.05, 0.1) is 18.0 Å². The van der Waals surface area contributed by atoms with E-state index in [1.165, 1.54) is 12.8 Å². The van der Waals surface area contributed by atoms with Crippen LogP contribution in [0, 0.1) is 0 Å². The molecule has 0 radical (unpaired) electrons. The lowest BCUT2D eigenvalue weighted by molar-refractivity contribution is 0.610. The summed E-state index contributed by atoms with van der Waals surface area (Å²) in [6.45, 7) is 0. The summed E-state index contributed by atoms with van der Waals surface area (Å²) in [6.07, 6.45) is 5.90. The Morgan fingerprint density at radius 1 is 1.26 bits per heavy atom. The lowest BCUT2D eigenvalue weighted by Crippen LogP contribution is -2.01. The molecule has 1 saturated carbocycles. The number of hydrogen-bond donors (Lipinski definition) is 3. The number of benzene rings is 1. The number of nitrogens with zero attached hydrogens (tertiary/aromatic N) is 3. The molecule has 3 heterocycles. The lowest BCUT2D eigenvalue weighted by atomic mass is 10.2. The number of anilines is 3. The average Bonchev–Trinajstić information content (AvgIpc) is 3.11. The number of furan rings is 1. The Labute approximate surface area is 130 Å². The molecule has 3 aromatic heterocycles. The summed E-state index contributed by atoms with van der Waals surface area (Å²) in [7, 11) is 0. The monoisotopic (exact) mass is 306 g/mol. The van der Waals surface area contributed by atoms with Gasteiger partial charge in [-0.3, -0.25) is 5.10 Å². The largest absolute Gasteiger partial charge is 0.458 e. The third-order valence-electron chi connectivity index (χ3n) is 4.18. The molecule has 114 valence electrons. The highest BCUT2D eigenvalue weighted by atomic mass is 16.3. The molecule has 4 aromatic rings. The van der Waals surface area contributed by atoms with Gasteiger partial charge in [0.15, 0.2) is 11.4 Å². The predicted octanol–water partition coefficient (Wildman–Crippen LogP) is 3.30. The van der Waals surface area contributed by atoms with E-state index >= 15 is 0 Å². The molecule has 7 nitrogen and oxygen atoms in total. The Morgan fingerprint density at radius 3 is 3.04 bits per heavy atom. The van der Waals surface area contributed by atoms with Crippen molar-refractivity contribution in [3.8, 4) is 0 Å². The molecule has 0 saturated heterocycles. The van der Waals surface area contributed by atoms with E-state index in [2.05, 4.69) is 25.5 Å². The fraction of sp³-hybridized carbons (Fsp3) is 0.188. The van der Waals surface area contributed by atoms with E-state index in [9.17, 15) is 0 Å². The summed E-state index contributed by atoms with van der Waals surface area (Å²) in [6, 6.07) is 5.90. The van der Waals surface area contributed by atoms with Gasteiger partial charge in [0.25, 0.3) is 0 Å². The van der Waals surface area contributed by atoms with E-state index in [1.807, 2.05) is 18.2 Å². The number of aromatic nitrogens is 4. The number of nitrogen functional groups attached to an aromatic ring is 1. The van der Waals surface area contributed by atoms with E-state index in [1.54, 1.807) is 12.5 Å².